The van der Waals surface area contributed by atoms with Crippen LogP contribution in [0.1, 0.15) is 45.4 Å². The first kappa shape index (κ1) is 12.0. The monoisotopic (exact) mass is 212 g/mol. The van der Waals surface area contributed by atoms with Crippen LogP contribution in [-0.2, 0) is 4.79 Å². The molecule has 0 amide bonds. The average molecular weight is 212 g/mol. The smallest absolute Gasteiger partial charge is 0.120 e. The number of carbonyl (C=O) groups excluding carboxylic acids is 1. The Morgan fingerprint density at radius 2 is 2.00 bits per heavy atom. The molecular weight excluding hydrogens is 188 g/mol. The van der Waals surface area contributed by atoms with Crippen molar-refractivity contribution in [3.63, 3.8) is 0 Å². The van der Waals surface area contributed by atoms with Crippen molar-refractivity contribution in [2.24, 2.45) is 5.92 Å². The zero-order valence-electron chi connectivity index (χ0n) is 9.50. The number of rotatable bonds is 6. The van der Waals surface area contributed by atoms with Crippen LogP contribution in [0.25, 0.3) is 0 Å². The fraction of sp³-hybridized carbons (Fsp3) is 0.917. The molecule has 0 radical (unpaired) electrons. The number of hydrogen-bond acceptors (Lipinski definition) is 1. The van der Waals surface area contributed by atoms with Crippen LogP contribution in [0.3, 0.4) is 0 Å². The third-order valence-electron chi connectivity index (χ3n) is 3.61. The maximum Gasteiger partial charge on any atom is 0.120 e. The lowest BCUT2D eigenvalue weighted by molar-refractivity contribution is -0.108. The summed E-state index contributed by atoms with van der Waals surface area (Å²) >= 11 is 0. The molecule has 0 spiro atoms. The molecule has 82 valence electrons. The van der Waals surface area contributed by atoms with Crippen molar-refractivity contribution < 1.29 is 4.79 Å². The van der Waals surface area contributed by atoms with Gasteiger partial charge in [0.2, 0.25) is 0 Å². The Kier molecular flexibility index (Phi) is 6.16. The van der Waals surface area contributed by atoms with Gasteiger partial charge < -0.3 is 4.79 Å². The van der Waals surface area contributed by atoms with Crippen LogP contribution in [0.15, 0.2) is 0 Å². The molecule has 14 heavy (non-hydrogen) atoms. The largest absolute Gasteiger partial charge is 0.303 e. The maximum atomic E-state index is 10.4. The minimum atomic E-state index is -0.337. The van der Waals surface area contributed by atoms with Gasteiger partial charge in [0.1, 0.15) is 6.29 Å². The molecule has 1 nitrogen and oxygen atoms in total. The molecule has 0 aliphatic carbocycles. The lowest BCUT2D eigenvalue weighted by Crippen LogP contribution is -2.21. The Labute approximate surface area is 89.9 Å². The second kappa shape index (κ2) is 7.21. The summed E-state index contributed by atoms with van der Waals surface area (Å²) in [5, 5.41) is 0. The summed E-state index contributed by atoms with van der Waals surface area (Å²) in [5.41, 5.74) is 0. The van der Waals surface area contributed by atoms with Gasteiger partial charge in [-0.15, -0.1) is 0 Å². The Balaban J connectivity index is 2.06. The van der Waals surface area contributed by atoms with Gasteiger partial charge in [-0.1, -0.05) is 57.2 Å². The van der Waals surface area contributed by atoms with Crippen molar-refractivity contribution in [3.8, 4) is 0 Å². The molecule has 0 N–H and O–H groups in total. The fourth-order valence-corrected chi connectivity index (χ4v) is 6.19. The summed E-state index contributed by atoms with van der Waals surface area (Å²) in [6.45, 7) is 2.28. The normalized spacial score (nSPS) is 27.5. The maximum absolute atomic E-state index is 10.4. The molecule has 0 aromatic rings. The summed E-state index contributed by atoms with van der Waals surface area (Å²) < 4.78 is 0. The predicted octanol–water partition coefficient (Wildman–Crippen LogP) is 3.40. The summed E-state index contributed by atoms with van der Waals surface area (Å²) in [6.07, 6.45) is 8.94. The van der Waals surface area contributed by atoms with Gasteiger partial charge in [0.15, 0.2) is 0 Å². The number of unbranched alkanes of at least 4 members (excludes halogenated alkanes) is 2. The van der Waals surface area contributed by atoms with Crippen molar-refractivity contribution >= 4 is 15.1 Å². The molecule has 0 aromatic carbocycles. The minimum Gasteiger partial charge on any atom is -0.303 e. The summed E-state index contributed by atoms with van der Waals surface area (Å²) in [4.78, 5) is 10.4. The highest BCUT2D eigenvalue weighted by atomic mass is 28.3. The molecule has 0 saturated carbocycles. The first-order valence-corrected chi connectivity index (χ1v) is 8.75. The van der Waals surface area contributed by atoms with Gasteiger partial charge in [0, 0.05) is 15.2 Å². The van der Waals surface area contributed by atoms with E-state index in [-0.39, 0.29) is 8.80 Å². The standard InChI is InChI=1S/C12H24OSi/c1-2-3-4-9-14-10-6-12(5-8-13)7-11-14/h8,12,14H,2-7,9-11H2,1H3. The van der Waals surface area contributed by atoms with E-state index >= 15 is 0 Å². The van der Waals surface area contributed by atoms with Crippen LogP contribution in [0.2, 0.25) is 18.1 Å². The molecule has 0 atom stereocenters. The van der Waals surface area contributed by atoms with Crippen molar-refractivity contribution in [1.29, 1.82) is 0 Å². The van der Waals surface area contributed by atoms with E-state index in [2.05, 4.69) is 6.92 Å². The van der Waals surface area contributed by atoms with Crippen molar-refractivity contribution in [1.82, 2.24) is 0 Å². The molecule has 1 aliphatic rings. The summed E-state index contributed by atoms with van der Waals surface area (Å²) in [7, 11) is -0.337. The molecule has 1 aliphatic heterocycles. The Morgan fingerprint density at radius 1 is 1.29 bits per heavy atom. The Bertz CT molecular complexity index is 150. The van der Waals surface area contributed by atoms with Crippen LogP contribution in [0.4, 0.5) is 0 Å². The van der Waals surface area contributed by atoms with Crippen molar-refractivity contribution in [3.05, 3.63) is 0 Å². The minimum absolute atomic E-state index is 0.337. The zero-order chi connectivity index (χ0) is 10.2. The van der Waals surface area contributed by atoms with E-state index in [1.807, 2.05) is 0 Å². The lowest BCUT2D eigenvalue weighted by Gasteiger charge is -2.26. The molecule has 0 aromatic heterocycles. The van der Waals surface area contributed by atoms with Gasteiger partial charge in [0.25, 0.3) is 0 Å². The van der Waals surface area contributed by atoms with Gasteiger partial charge in [-0.05, 0) is 5.92 Å². The van der Waals surface area contributed by atoms with Crippen LogP contribution in [-0.4, -0.2) is 15.1 Å². The zero-order valence-corrected chi connectivity index (χ0v) is 10.7. The van der Waals surface area contributed by atoms with Crippen molar-refractivity contribution in [2.75, 3.05) is 0 Å². The Morgan fingerprint density at radius 3 is 2.57 bits per heavy atom. The molecular formula is C12H24OSi. The highest BCUT2D eigenvalue weighted by Crippen LogP contribution is 2.29. The first-order valence-electron chi connectivity index (χ1n) is 6.30. The van der Waals surface area contributed by atoms with E-state index in [4.69, 9.17) is 0 Å². The van der Waals surface area contributed by atoms with E-state index in [1.165, 1.54) is 44.2 Å². The van der Waals surface area contributed by atoms with E-state index < -0.39 is 0 Å². The molecule has 2 heteroatoms. The highest BCUT2D eigenvalue weighted by molar-refractivity contribution is 6.58. The third-order valence-corrected chi connectivity index (χ3v) is 7.14. The van der Waals surface area contributed by atoms with Crippen LogP contribution < -0.4 is 0 Å². The van der Waals surface area contributed by atoms with Gasteiger partial charge in [-0.25, -0.2) is 0 Å². The van der Waals surface area contributed by atoms with E-state index in [0.29, 0.717) is 0 Å². The molecule has 1 heterocycles. The van der Waals surface area contributed by atoms with Crippen molar-refractivity contribution in [2.45, 2.75) is 63.6 Å². The Hall–Kier alpha value is -0.113. The molecule has 0 bridgehead atoms. The molecule has 1 fully saturated rings. The second-order valence-corrected chi connectivity index (χ2v) is 8.25. The van der Waals surface area contributed by atoms with Gasteiger partial charge >= 0.3 is 0 Å². The summed E-state index contributed by atoms with van der Waals surface area (Å²) in [5.74, 6) is 0.752. The third kappa shape index (κ3) is 4.40. The quantitative estimate of drug-likeness (QED) is 0.375. The van der Waals surface area contributed by atoms with Crippen LogP contribution in [0, 0.1) is 5.92 Å². The van der Waals surface area contributed by atoms with E-state index in [1.54, 1.807) is 6.04 Å². The molecule has 1 rings (SSSR count). The van der Waals surface area contributed by atoms with Gasteiger partial charge in [0.05, 0.1) is 0 Å². The predicted molar refractivity (Wildman–Crippen MR) is 64.5 cm³/mol. The number of aldehydes is 1. The lowest BCUT2D eigenvalue weighted by atomic mass is 10.00. The SMILES string of the molecule is CCCCC[SiH]1CCC(CC=O)CC1. The average Bonchev–Trinajstić information content (AvgIpc) is 2.21. The van der Waals surface area contributed by atoms with Gasteiger partial charge in [-0.2, -0.15) is 0 Å². The number of carbonyl (C=O) groups is 1. The molecule has 1 saturated heterocycles. The highest BCUT2D eigenvalue weighted by Gasteiger charge is 2.21. The van der Waals surface area contributed by atoms with E-state index in [9.17, 15) is 4.79 Å². The van der Waals surface area contributed by atoms with E-state index in [0.717, 1.165) is 18.6 Å². The van der Waals surface area contributed by atoms with Crippen LogP contribution >= 0.6 is 0 Å². The topological polar surface area (TPSA) is 17.1 Å². The number of hydrogen-bond donors (Lipinski definition) is 0. The fourth-order valence-electron chi connectivity index (χ4n) is 2.57. The second-order valence-electron chi connectivity index (χ2n) is 4.78. The first-order chi connectivity index (χ1) is 6.86. The van der Waals surface area contributed by atoms with Crippen LogP contribution in [0.5, 0.6) is 0 Å². The van der Waals surface area contributed by atoms with Gasteiger partial charge in [-0.3, -0.25) is 0 Å². The molecule has 0 unspecified atom stereocenters. The summed E-state index contributed by atoms with van der Waals surface area (Å²) in [6, 6.07) is 4.60.